The number of hydrogen-bond donors (Lipinski definition) is 1. The molecule has 2 aliphatic heterocycles. The second-order valence-electron chi connectivity index (χ2n) is 5.22. The Kier molecular flexibility index (Phi) is 5.38. The molecule has 2 aliphatic rings. The number of methoxy groups -OCH3 is 1. The topological polar surface area (TPSA) is 57.2 Å². The Bertz CT molecular complexity index is 240. The van der Waals surface area contributed by atoms with Gasteiger partial charge in [0, 0.05) is 26.7 Å². The van der Waals surface area contributed by atoms with Gasteiger partial charge in [0.05, 0.1) is 38.1 Å². The highest BCUT2D eigenvalue weighted by Crippen LogP contribution is 2.37. The molecule has 0 aliphatic carbocycles. The Hall–Kier alpha value is -0.200. The maximum Gasteiger partial charge on any atom is 0.0940 e. The van der Waals surface area contributed by atoms with Crippen molar-refractivity contribution in [3.63, 3.8) is 0 Å². The van der Waals surface area contributed by atoms with E-state index in [0.29, 0.717) is 33.0 Å². The van der Waals surface area contributed by atoms with Gasteiger partial charge in [0.1, 0.15) is 0 Å². The van der Waals surface area contributed by atoms with E-state index in [4.69, 9.17) is 18.9 Å². The Balaban J connectivity index is 1.74. The van der Waals surface area contributed by atoms with Gasteiger partial charge in [0.2, 0.25) is 0 Å². The highest BCUT2D eigenvalue weighted by Gasteiger charge is 2.42. The lowest BCUT2D eigenvalue weighted by atomic mass is 9.82. The first kappa shape index (κ1) is 14.2. The van der Waals surface area contributed by atoms with Gasteiger partial charge in [-0.15, -0.1) is 0 Å². The third-order valence-electron chi connectivity index (χ3n) is 3.86. The lowest BCUT2D eigenvalue weighted by Crippen LogP contribution is -2.44. The van der Waals surface area contributed by atoms with E-state index in [1.807, 2.05) is 0 Å². The van der Waals surface area contributed by atoms with E-state index in [1.54, 1.807) is 7.11 Å². The van der Waals surface area contributed by atoms with Crippen molar-refractivity contribution in [1.82, 2.24) is 0 Å². The summed E-state index contributed by atoms with van der Waals surface area (Å²) in [7, 11) is 1.64. The van der Waals surface area contributed by atoms with Crippen molar-refractivity contribution in [2.45, 2.75) is 31.0 Å². The van der Waals surface area contributed by atoms with Crippen molar-refractivity contribution in [2.75, 3.05) is 46.8 Å². The Morgan fingerprint density at radius 1 is 1.39 bits per heavy atom. The van der Waals surface area contributed by atoms with Crippen LogP contribution < -0.4 is 0 Å². The standard InChI is InChI=1S/C13H24O5/c1-15-6-7-16-9-12(14)11-2-4-18-13(8-11)3-5-17-10-13/h11-12,14H,2-10H2,1H3. The molecule has 0 aromatic heterocycles. The van der Waals surface area contributed by atoms with Gasteiger partial charge in [-0.1, -0.05) is 0 Å². The van der Waals surface area contributed by atoms with Crippen molar-refractivity contribution in [3.05, 3.63) is 0 Å². The van der Waals surface area contributed by atoms with Crippen molar-refractivity contribution < 1.29 is 24.1 Å². The van der Waals surface area contributed by atoms with Gasteiger partial charge in [0.25, 0.3) is 0 Å². The van der Waals surface area contributed by atoms with Gasteiger partial charge >= 0.3 is 0 Å². The van der Waals surface area contributed by atoms with Crippen LogP contribution in [0.5, 0.6) is 0 Å². The number of aliphatic hydroxyl groups excluding tert-OH is 1. The van der Waals surface area contributed by atoms with Gasteiger partial charge < -0.3 is 24.1 Å². The second-order valence-corrected chi connectivity index (χ2v) is 5.22. The molecule has 1 N–H and O–H groups in total. The maximum atomic E-state index is 10.2. The molecule has 0 radical (unpaired) electrons. The largest absolute Gasteiger partial charge is 0.390 e. The molecule has 18 heavy (non-hydrogen) atoms. The average molecular weight is 260 g/mol. The molecular formula is C13H24O5. The van der Waals surface area contributed by atoms with E-state index in [0.717, 1.165) is 25.9 Å². The molecule has 2 fully saturated rings. The van der Waals surface area contributed by atoms with Crippen molar-refractivity contribution in [2.24, 2.45) is 5.92 Å². The monoisotopic (exact) mass is 260 g/mol. The van der Waals surface area contributed by atoms with Crippen LogP contribution in [0.15, 0.2) is 0 Å². The van der Waals surface area contributed by atoms with Crippen LogP contribution in [0.1, 0.15) is 19.3 Å². The molecule has 106 valence electrons. The fourth-order valence-electron chi connectivity index (χ4n) is 2.74. The molecule has 3 unspecified atom stereocenters. The summed E-state index contributed by atoms with van der Waals surface area (Å²) in [4.78, 5) is 0. The number of hydrogen-bond acceptors (Lipinski definition) is 5. The quantitative estimate of drug-likeness (QED) is 0.709. The molecule has 2 saturated heterocycles. The molecule has 1 spiro atoms. The zero-order valence-corrected chi connectivity index (χ0v) is 11.1. The molecule has 2 rings (SSSR count). The minimum absolute atomic E-state index is 0.142. The molecular weight excluding hydrogens is 236 g/mol. The first-order valence-electron chi connectivity index (χ1n) is 6.72. The number of aliphatic hydroxyl groups is 1. The Labute approximate surface area is 108 Å². The van der Waals surface area contributed by atoms with Crippen LogP contribution in [-0.2, 0) is 18.9 Å². The van der Waals surface area contributed by atoms with Gasteiger partial charge in [-0.05, 0) is 18.8 Å². The number of ether oxygens (including phenoxy) is 4. The minimum atomic E-state index is -0.414. The van der Waals surface area contributed by atoms with Crippen LogP contribution >= 0.6 is 0 Å². The van der Waals surface area contributed by atoms with Gasteiger partial charge in [-0.25, -0.2) is 0 Å². The van der Waals surface area contributed by atoms with Crippen LogP contribution in [-0.4, -0.2) is 63.6 Å². The molecule has 3 atom stereocenters. The molecule has 5 nitrogen and oxygen atoms in total. The van der Waals surface area contributed by atoms with E-state index in [-0.39, 0.29) is 11.5 Å². The normalized spacial score (nSPS) is 34.0. The predicted octanol–water partition coefficient (Wildman–Crippen LogP) is 0.596. The van der Waals surface area contributed by atoms with E-state index in [1.165, 1.54) is 0 Å². The zero-order chi connectivity index (χ0) is 12.8. The van der Waals surface area contributed by atoms with Crippen LogP contribution in [0.25, 0.3) is 0 Å². The molecule has 5 heteroatoms. The average Bonchev–Trinajstić information content (AvgIpc) is 2.82. The molecule has 0 amide bonds. The molecule has 0 bridgehead atoms. The maximum absolute atomic E-state index is 10.2. The molecule has 0 aromatic carbocycles. The predicted molar refractivity (Wildman–Crippen MR) is 65.5 cm³/mol. The highest BCUT2D eigenvalue weighted by molar-refractivity contribution is 4.92. The zero-order valence-electron chi connectivity index (χ0n) is 11.1. The minimum Gasteiger partial charge on any atom is -0.390 e. The van der Waals surface area contributed by atoms with Gasteiger partial charge in [-0.2, -0.15) is 0 Å². The third kappa shape index (κ3) is 3.65. The van der Waals surface area contributed by atoms with Crippen LogP contribution in [0.4, 0.5) is 0 Å². The summed E-state index contributed by atoms with van der Waals surface area (Å²) in [6.45, 7) is 3.63. The van der Waals surface area contributed by atoms with E-state index in [2.05, 4.69) is 0 Å². The van der Waals surface area contributed by atoms with E-state index >= 15 is 0 Å². The fraction of sp³-hybridized carbons (Fsp3) is 1.00. The third-order valence-corrected chi connectivity index (χ3v) is 3.86. The summed E-state index contributed by atoms with van der Waals surface area (Å²) in [5.41, 5.74) is -0.142. The van der Waals surface area contributed by atoms with Crippen LogP contribution in [0.2, 0.25) is 0 Å². The lowest BCUT2D eigenvalue weighted by Gasteiger charge is -2.38. The molecule has 0 saturated carbocycles. The number of rotatable bonds is 6. The Morgan fingerprint density at radius 3 is 3.00 bits per heavy atom. The van der Waals surface area contributed by atoms with E-state index in [9.17, 15) is 5.11 Å². The van der Waals surface area contributed by atoms with Crippen molar-refractivity contribution in [3.8, 4) is 0 Å². The van der Waals surface area contributed by atoms with Crippen molar-refractivity contribution in [1.29, 1.82) is 0 Å². The fourth-order valence-corrected chi connectivity index (χ4v) is 2.74. The molecule has 2 heterocycles. The summed E-state index contributed by atoms with van der Waals surface area (Å²) in [5, 5.41) is 10.2. The summed E-state index contributed by atoms with van der Waals surface area (Å²) in [6, 6.07) is 0. The van der Waals surface area contributed by atoms with Crippen LogP contribution in [0, 0.1) is 5.92 Å². The SMILES string of the molecule is COCCOCC(O)C1CCOC2(CCOC2)C1. The lowest BCUT2D eigenvalue weighted by molar-refractivity contribution is -0.125. The smallest absolute Gasteiger partial charge is 0.0940 e. The van der Waals surface area contributed by atoms with Gasteiger partial charge in [0.15, 0.2) is 0 Å². The van der Waals surface area contributed by atoms with E-state index < -0.39 is 6.10 Å². The molecule has 0 aromatic rings. The summed E-state index contributed by atoms with van der Waals surface area (Å²) < 4.78 is 21.6. The summed E-state index contributed by atoms with van der Waals surface area (Å²) in [5.74, 6) is 0.253. The van der Waals surface area contributed by atoms with Crippen LogP contribution in [0.3, 0.4) is 0 Å². The second kappa shape index (κ2) is 6.82. The summed E-state index contributed by atoms with van der Waals surface area (Å²) in [6.07, 6.45) is 2.31. The van der Waals surface area contributed by atoms with Gasteiger partial charge in [-0.3, -0.25) is 0 Å². The first-order valence-corrected chi connectivity index (χ1v) is 6.72. The Morgan fingerprint density at radius 2 is 2.28 bits per heavy atom. The highest BCUT2D eigenvalue weighted by atomic mass is 16.6. The summed E-state index contributed by atoms with van der Waals surface area (Å²) >= 11 is 0. The van der Waals surface area contributed by atoms with Crippen molar-refractivity contribution >= 4 is 0 Å². The first-order chi connectivity index (χ1) is 8.76.